The first kappa shape index (κ1) is 36.9. The van der Waals surface area contributed by atoms with Gasteiger partial charge in [0, 0.05) is 11.3 Å². The molecular formula is C34H42FN5O6. The van der Waals surface area contributed by atoms with Crippen LogP contribution in [-0.4, -0.2) is 53.2 Å². The Morgan fingerprint density at radius 1 is 0.913 bits per heavy atom. The van der Waals surface area contributed by atoms with E-state index in [0.717, 1.165) is 5.01 Å². The Morgan fingerprint density at radius 2 is 1.41 bits per heavy atom. The van der Waals surface area contributed by atoms with E-state index in [0.29, 0.717) is 41.5 Å². The molecule has 1 unspecified atom stereocenters. The predicted octanol–water partition coefficient (Wildman–Crippen LogP) is 5.60. The topological polar surface area (TPSA) is 164 Å². The summed E-state index contributed by atoms with van der Waals surface area (Å²) in [6.45, 7) is 12.2. The number of alkyl halides is 1. The molecule has 3 amide bonds. The van der Waals surface area contributed by atoms with E-state index < -0.39 is 35.2 Å². The van der Waals surface area contributed by atoms with E-state index in [9.17, 15) is 23.6 Å². The van der Waals surface area contributed by atoms with E-state index in [2.05, 4.69) is 10.7 Å². The van der Waals surface area contributed by atoms with Gasteiger partial charge in [-0.1, -0.05) is 32.0 Å². The van der Waals surface area contributed by atoms with Crippen molar-refractivity contribution in [2.75, 3.05) is 18.5 Å². The molecule has 12 heteroatoms. The predicted molar refractivity (Wildman–Crippen MR) is 175 cm³/mol. The number of benzene rings is 3. The number of hydrogen-bond acceptors (Lipinski definition) is 8. The number of ether oxygens (including phenoxy) is 2. The monoisotopic (exact) mass is 635 g/mol. The Labute approximate surface area is 268 Å². The molecule has 0 aromatic heterocycles. The van der Waals surface area contributed by atoms with Gasteiger partial charge in [0.25, 0.3) is 17.7 Å². The maximum atomic E-state index is 13.6. The highest BCUT2D eigenvalue weighted by Crippen LogP contribution is 2.32. The van der Waals surface area contributed by atoms with Gasteiger partial charge in [-0.05, 0) is 88.7 Å². The number of halogens is 1. The van der Waals surface area contributed by atoms with E-state index in [1.54, 1.807) is 54.6 Å². The van der Waals surface area contributed by atoms with Gasteiger partial charge in [-0.15, -0.1) is 0 Å². The van der Waals surface area contributed by atoms with Gasteiger partial charge in [0.15, 0.2) is 23.0 Å². The third kappa shape index (κ3) is 9.37. The van der Waals surface area contributed by atoms with Gasteiger partial charge in [0.1, 0.15) is 11.9 Å². The normalized spacial score (nSPS) is 12.4. The lowest BCUT2D eigenvalue weighted by Gasteiger charge is -2.24. The van der Waals surface area contributed by atoms with E-state index in [1.807, 2.05) is 27.7 Å². The summed E-state index contributed by atoms with van der Waals surface area (Å²) < 4.78 is 23.5. The largest absolute Gasteiger partial charge is 0.490 e. The van der Waals surface area contributed by atoms with Crippen LogP contribution in [0, 0.1) is 5.41 Å². The highest BCUT2D eigenvalue weighted by Gasteiger charge is 2.38. The summed E-state index contributed by atoms with van der Waals surface area (Å²) >= 11 is 0. The Bertz CT molecular complexity index is 1520. The van der Waals surface area contributed by atoms with Crippen LogP contribution in [0.5, 0.6) is 11.5 Å². The lowest BCUT2D eigenvalue weighted by atomic mass is 10.0. The number of nitrogens with two attached hydrogens (primary N) is 1. The SMILES string of the molecule is CC.CC(=O)C(C)(C)F.CCOc1ccc(C(Nc2ccc(C(=N)N)cc2)C(=O)NN2C(=O)c3ccccc3C2=O)cc1OCC. The second-order valence-corrected chi connectivity index (χ2v) is 10.1. The van der Waals surface area contributed by atoms with E-state index in [1.165, 1.54) is 32.9 Å². The minimum Gasteiger partial charge on any atom is -0.490 e. The third-order valence-corrected chi connectivity index (χ3v) is 6.52. The molecular weight excluding hydrogens is 593 g/mol. The first-order valence-corrected chi connectivity index (χ1v) is 14.9. The highest BCUT2D eigenvalue weighted by molar-refractivity contribution is 6.21. The Kier molecular flexibility index (Phi) is 13.4. The van der Waals surface area contributed by atoms with Gasteiger partial charge < -0.3 is 20.5 Å². The number of Topliss-reactive ketones (excluding diaryl/α,β-unsaturated/α-hetero) is 1. The number of fused-ring (bicyclic) bond motifs is 1. The average molecular weight is 636 g/mol. The number of amidine groups is 1. The van der Waals surface area contributed by atoms with Crippen molar-refractivity contribution in [1.82, 2.24) is 10.4 Å². The smallest absolute Gasteiger partial charge is 0.280 e. The molecule has 1 aliphatic heterocycles. The van der Waals surface area contributed by atoms with Crippen LogP contribution in [0.2, 0.25) is 0 Å². The maximum absolute atomic E-state index is 13.6. The molecule has 3 aromatic carbocycles. The fourth-order valence-electron chi connectivity index (χ4n) is 3.93. The molecule has 4 rings (SSSR count). The summed E-state index contributed by atoms with van der Waals surface area (Å²) in [5, 5.41) is 11.4. The van der Waals surface area contributed by atoms with E-state index in [-0.39, 0.29) is 17.0 Å². The summed E-state index contributed by atoms with van der Waals surface area (Å²) in [5.74, 6) is -1.39. The fraction of sp³-hybridized carbons (Fsp3) is 0.324. The summed E-state index contributed by atoms with van der Waals surface area (Å²) in [6, 6.07) is 17.1. The number of nitrogen functional groups attached to an aromatic ring is 1. The molecule has 1 atom stereocenters. The van der Waals surface area contributed by atoms with Crippen molar-refractivity contribution in [3.05, 3.63) is 89.0 Å². The number of ketones is 1. The van der Waals surface area contributed by atoms with Crippen LogP contribution in [0.15, 0.2) is 66.7 Å². The van der Waals surface area contributed by atoms with Crippen molar-refractivity contribution in [2.45, 2.75) is 60.2 Å². The van der Waals surface area contributed by atoms with Crippen LogP contribution in [0.1, 0.15) is 86.4 Å². The van der Waals surface area contributed by atoms with Crippen molar-refractivity contribution >= 4 is 35.0 Å². The number of imide groups is 1. The second-order valence-electron chi connectivity index (χ2n) is 10.1. The Balaban J connectivity index is 0.000000724. The zero-order valence-electron chi connectivity index (χ0n) is 27.2. The van der Waals surface area contributed by atoms with E-state index >= 15 is 0 Å². The molecule has 246 valence electrons. The molecule has 0 bridgehead atoms. The first-order valence-electron chi connectivity index (χ1n) is 14.9. The number of rotatable bonds is 11. The fourth-order valence-corrected chi connectivity index (χ4v) is 3.93. The molecule has 46 heavy (non-hydrogen) atoms. The van der Waals surface area contributed by atoms with Crippen molar-refractivity contribution in [2.24, 2.45) is 5.73 Å². The van der Waals surface area contributed by atoms with E-state index in [4.69, 9.17) is 20.6 Å². The number of nitrogens with zero attached hydrogens (tertiary/aromatic N) is 1. The molecule has 11 nitrogen and oxygen atoms in total. The first-order chi connectivity index (χ1) is 21.8. The van der Waals surface area contributed by atoms with Gasteiger partial charge in [-0.25, -0.2) is 4.39 Å². The standard InChI is InChI=1S/C27H27N5O5.C5H9FO.C2H6/c1-3-36-21-14-11-17(15-22(21)37-4-2)23(30-18-12-9-16(10-13-18)24(28)29)25(33)31-32-26(34)19-7-5-6-8-20(19)27(32)35;1-4(7)5(2,3)6;1-2/h5-15,23,30H,3-4H2,1-2H3,(H3,28,29)(H,31,33);1-3H3;1-2H3. The maximum Gasteiger partial charge on any atom is 0.280 e. The molecule has 3 aromatic rings. The van der Waals surface area contributed by atoms with Crippen molar-refractivity contribution in [3.63, 3.8) is 0 Å². The highest BCUT2D eigenvalue weighted by atomic mass is 19.1. The van der Waals surface area contributed by atoms with Gasteiger partial charge in [0.2, 0.25) is 0 Å². The van der Waals surface area contributed by atoms with Crippen molar-refractivity contribution in [3.8, 4) is 11.5 Å². The number of hydrazine groups is 1. The molecule has 1 heterocycles. The Hall–Kier alpha value is -5.26. The Morgan fingerprint density at radius 3 is 1.87 bits per heavy atom. The number of amides is 3. The minimum absolute atomic E-state index is 0.0839. The number of nitrogens with one attached hydrogen (secondary N) is 3. The van der Waals surface area contributed by atoms with Crippen LogP contribution in [0.4, 0.5) is 10.1 Å². The summed E-state index contributed by atoms with van der Waals surface area (Å²) in [4.78, 5) is 49.3. The van der Waals surface area contributed by atoms with Gasteiger partial charge >= 0.3 is 0 Å². The molecule has 0 spiro atoms. The van der Waals surface area contributed by atoms with Crippen LogP contribution in [-0.2, 0) is 9.59 Å². The molecule has 1 aliphatic rings. The third-order valence-electron chi connectivity index (χ3n) is 6.52. The summed E-state index contributed by atoms with van der Waals surface area (Å²) in [5.41, 5.74) is 8.41. The quantitative estimate of drug-likeness (QED) is 0.120. The lowest BCUT2D eigenvalue weighted by molar-refractivity contribution is -0.126. The van der Waals surface area contributed by atoms with Gasteiger partial charge in [-0.3, -0.25) is 30.0 Å². The zero-order valence-corrected chi connectivity index (χ0v) is 27.2. The molecule has 5 N–H and O–H groups in total. The van der Waals surface area contributed by atoms with Gasteiger partial charge in [0.05, 0.1) is 24.3 Å². The number of carbonyl (C=O) groups excluding carboxylic acids is 4. The van der Waals surface area contributed by atoms with Crippen LogP contribution in [0.25, 0.3) is 0 Å². The van der Waals surface area contributed by atoms with Crippen LogP contribution in [0.3, 0.4) is 0 Å². The summed E-state index contributed by atoms with van der Waals surface area (Å²) in [6.07, 6.45) is 0. The zero-order chi connectivity index (χ0) is 34.6. The van der Waals surface area contributed by atoms with Crippen molar-refractivity contribution in [1.29, 1.82) is 5.41 Å². The second kappa shape index (κ2) is 16.7. The van der Waals surface area contributed by atoms with Crippen LogP contribution < -0.4 is 25.9 Å². The summed E-state index contributed by atoms with van der Waals surface area (Å²) in [7, 11) is 0. The van der Waals surface area contributed by atoms with Gasteiger partial charge in [-0.2, -0.15) is 5.01 Å². The lowest BCUT2D eigenvalue weighted by Crippen LogP contribution is -2.48. The average Bonchev–Trinajstić information content (AvgIpc) is 3.26. The molecule has 0 aliphatic carbocycles. The molecule has 0 fully saturated rings. The molecule has 0 saturated heterocycles. The molecule has 0 saturated carbocycles. The number of anilines is 1. The number of carbonyl (C=O) groups is 4. The van der Waals surface area contributed by atoms with Crippen molar-refractivity contribution < 1.29 is 33.0 Å². The van der Waals surface area contributed by atoms with Crippen LogP contribution >= 0.6 is 0 Å². The number of hydrogen-bond donors (Lipinski definition) is 4. The minimum atomic E-state index is -1.64. The molecule has 0 radical (unpaired) electrons.